The van der Waals surface area contributed by atoms with Crippen molar-refractivity contribution in [1.82, 2.24) is 15.2 Å². The van der Waals surface area contributed by atoms with Gasteiger partial charge in [-0.3, -0.25) is 14.7 Å². The van der Waals surface area contributed by atoms with E-state index in [0.29, 0.717) is 13.1 Å². The molecule has 0 saturated carbocycles. The van der Waals surface area contributed by atoms with Crippen LogP contribution in [0.2, 0.25) is 0 Å². The van der Waals surface area contributed by atoms with Gasteiger partial charge in [-0.05, 0) is 68.2 Å². The quantitative estimate of drug-likeness (QED) is 0.900. The van der Waals surface area contributed by atoms with Crippen molar-refractivity contribution in [3.8, 4) is 17.0 Å². The lowest BCUT2D eigenvalue weighted by Gasteiger charge is -2.16. The molecule has 1 aromatic heterocycles. The summed E-state index contributed by atoms with van der Waals surface area (Å²) in [5.41, 5.74) is 4.42. The third kappa shape index (κ3) is 3.88. The molecule has 1 N–H and O–H groups in total. The summed E-state index contributed by atoms with van der Waals surface area (Å²) in [5.74, 6) is 1.01. The molecule has 26 heavy (non-hydrogen) atoms. The third-order valence-electron chi connectivity index (χ3n) is 5.10. The molecule has 0 spiro atoms. The van der Waals surface area contributed by atoms with Gasteiger partial charge in [0, 0.05) is 18.2 Å². The molecule has 5 nitrogen and oxygen atoms in total. The summed E-state index contributed by atoms with van der Waals surface area (Å²) < 4.78 is 5.99. The fraction of sp³-hybridized carbons (Fsp3) is 0.429. The van der Waals surface area contributed by atoms with Crippen molar-refractivity contribution in [3.05, 3.63) is 47.7 Å². The Balaban J connectivity index is 1.33. The molecular formula is C21H25N3O2. The molecular weight excluding hydrogens is 326 g/mol. The smallest absolute Gasteiger partial charge is 0.234 e. The van der Waals surface area contributed by atoms with Gasteiger partial charge in [0.15, 0.2) is 0 Å². The van der Waals surface area contributed by atoms with E-state index in [1.165, 1.54) is 18.4 Å². The van der Waals surface area contributed by atoms with Crippen molar-refractivity contribution in [2.24, 2.45) is 0 Å². The van der Waals surface area contributed by atoms with Crippen molar-refractivity contribution in [2.45, 2.75) is 32.3 Å². The predicted octanol–water partition coefficient (Wildman–Crippen LogP) is 2.57. The normalized spacial score (nSPS) is 19.2. The van der Waals surface area contributed by atoms with Crippen molar-refractivity contribution in [3.63, 3.8) is 0 Å². The van der Waals surface area contributed by atoms with E-state index in [2.05, 4.69) is 27.3 Å². The average Bonchev–Trinajstić information content (AvgIpc) is 3.29. The van der Waals surface area contributed by atoms with Gasteiger partial charge in [-0.2, -0.15) is 0 Å². The number of amides is 1. The van der Waals surface area contributed by atoms with Crippen molar-refractivity contribution in [1.29, 1.82) is 0 Å². The van der Waals surface area contributed by atoms with E-state index in [1.54, 1.807) is 0 Å². The minimum atomic E-state index is 0.00811. The van der Waals surface area contributed by atoms with Crippen LogP contribution in [0.25, 0.3) is 11.3 Å². The minimum absolute atomic E-state index is 0.00811. The highest BCUT2D eigenvalue weighted by Crippen LogP contribution is 2.32. The number of likely N-dealkylation sites (tertiary alicyclic amines) is 1. The van der Waals surface area contributed by atoms with Crippen LogP contribution in [0, 0.1) is 6.92 Å². The first kappa shape index (κ1) is 17.0. The van der Waals surface area contributed by atoms with E-state index >= 15 is 0 Å². The van der Waals surface area contributed by atoms with Crippen molar-refractivity contribution >= 4 is 5.91 Å². The second-order valence-electron chi connectivity index (χ2n) is 7.27. The zero-order valence-corrected chi connectivity index (χ0v) is 15.2. The molecule has 0 bridgehead atoms. The van der Waals surface area contributed by atoms with Gasteiger partial charge in [0.25, 0.3) is 0 Å². The number of benzene rings is 1. The third-order valence-corrected chi connectivity index (χ3v) is 5.10. The number of aryl methyl sites for hydroxylation is 1. The molecule has 0 aliphatic carbocycles. The first-order valence-corrected chi connectivity index (χ1v) is 9.39. The second-order valence-corrected chi connectivity index (χ2v) is 7.27. The number of fused-ring (bicyclic) bond motifs is 1. The molecule has 0 radical (unpaired) electrons. The number of hydrogen-bond acceptors (Lipinski definition) is 4. The number of nitrogens with zero attached hydrogens (tertiary/aromatic N) is 2. The maximum atomic E-state index is 12.1. The average molecular weight is 351 g/mol. The highest BCUT2D eigenvalue weighted by molar-refractivity contribution is 5.78. The number of hydrogen-bond donors (Lipinski definition) is 1. The Bertz CT molecular complexity index is 782. The summed E-state index contributed by atoms with van der Waals surface area (Å²) in [6.07, 6.45) is 5.12. The van der Waals surface area contributed by atoms with Crippen LogP contribution in [0.15, 0.2) is 36.5 Å². The number of carbonyl (C=O) groups is 1. The maximum absolute atomic E-state index is 12.1. The molecule has 2 aliphatic rings. The number of ether oxygens (including phenoxy) is 1. The zero-order valence-electron chi connectivity index (χ0n) is 15.2. The van der Waals surface area contributed by atoms with Crippen LogP contribution in [0.1, 0.15) is 24.0 Å². The summed E-state index contributed by atoms with van der Waals surface area (Å²) in [7, 11) is 0. The van der Waals surface area contributed by atoms with Gasteiger partial charge in [0.2, 0.25) is 5.91 Å². The SMILES string of the molecule is Cc1ccc(-c2ccc3c(c2)C[C@@H](CNC(=O)CN2CCCC2)O3)nc1. The van der Waals surface area contributed by atoms with Crippen LogP contribution in [-0.2, 0) is 11.2 Å². The van der Waals surface area contributed by atoms with Crippen molar-refractivity contribution in [2.75, 3.05) is 26.2 Å². The molecule has 1 atom stereocenters. The van der Waals surface area contributed by atoms with E-state index in [9.17, 15) is 4.79 Å². The monoisotopic (exact) mass is 351 g/mol. The lowest BCUT2D eigenvalue weighted by atomic mass is 10.0. The number of pyridine rings is 1. The Morgan fingerprint density at radius 2 is 2.12 bits per heavy atom. The van der Waals surface area contributed by atoms with E-state index < -0.39 is 0 Å². The number of carbonyl (C=O) groups excluding carboxylic acids is 1. The van der Waals surface area contributed by atoms with Gasteiger partial charge in [-0.15, -0.1) is 0 Å². The molecule has 1 saturated heterocycles. The highest BCUT2D eigenvalue weighted by atomic mass is 16.5. The number of nitrogens with one attached hydrogen (secondary N) is 1. The molecule has 0 unspecified atom stereocenters. The van der Waals surface area contributed by atoms with Crippen LogP contribution >= 0.6 is 0 Å². The zero-order chi connectivity index (χ0) is 17.9. The summed E-state index contributed by atoms with van der Waals surface area (Å²) in [6, 6.07) is 10.3. The standard InChI is InChI=1S/C21H25N3O2/c1-15-4-6-19(22-12-15)16-5-7-20-17(10-16)11-18(26-20)13-23-21(25)14-24-8-2-3-9-24/h4-7,10,12,18H,2-3,8-9,11,13-14H2,1H3,(H,23,25)/t18-/m0/s1. The van der Waals surface area contributed by atoms with Crippen molar-refractivity contribution < 1.29 is 9.53 Å². The van der Waals surface area contributed by atoms with Crippen LogP contribution in [0.4, 0.5) is 0 Å². The van der Waals surface area contributed by atoms with Gasteiger partial charge in [-0.1, -0.05) is 6.07 Å². The first-order chi connectivity index (χ1) is 12.7. The Morgan fingerprint density at radius 3 is 2.88 bits per heavy atom. The van der Waals surface area contributed by atoms with Gasteiger partial charge >= 0.3 is 0 Å². The number of aromatic nitrogens is 1. The molecule has 1 aromatic carbocycles. The molecule has 5 heteroatoms. The summed E-state index contributed by atoms with van der Waals surface area (Å²) >= 11 is 0. The van der Waals surface area contributed by atoms with Crippen LogP contribution < -0.4 is 10.1 Å². The molecule has 136 valence electrons. The minimum Gasteiger partial charge on any atom is -0.488 e. The fourth-order valence-corrected chi connectivity index (χ4v) is 3.66. The van der Waals surface area contributed by atoms with Crippen LogP contribution in [0.3, 0.4) is 0 Å². The Morgan fingerprint density at radius 1 is 1.27 bits per heavy atom. The maximum Gasteiger partial charge on any atom is 0.234 e. The Labute approximate surface area is 154 Å². The summed E-state index contributed by atoms with van der Waals surface area (Å²) in [6.45, 7) is 5.17. The predicted molar refractivity (Wildman–Crippen MR) is 101 cm³/mol. The van der Waals surface area contributed by atoms with E-state index in [0.717, 1.165) is 42.1 Å². The van der Waals surface area contributed by atoms with E-state index in [-0.39, 0.29) is 12.0 Å². The Kier molecular flexibility index (Phi) is 4.89. The molecule has 1 fully saturated rings. The van der Waals surface area contributed by atoms with E-state index in [1.807, 2.05) is 31.3 Å². The van der Waals surface area contributed by atoms with E-state index in [4.69, 9.17) is 4.74 Å². The molecule has 2 aliphatic heterocycles. The van der Waals surface area contributed by atoms with Gasteiger partial charge in [0.1, 0.15) is 11.9 Å². The molecule has 4 rings (SSSR count). The largest absolute Gasteiger partial charge is 0.488 e. The lowest BCUT2D eigenvalue weighted by Crippen LogP contribution is -2.40. The second kappa shape index (κ2) is 7.46. The van der Waals surface area contributed by atoms with Crippen LogP contribution in [-0.4, -0.2) is 48.1 Å². The van der Waals surface area contributed by atoms with Gasteiger partial charge < -0.3 is 10.1 Å². The molecule has 3 heterocycles. The molecule has 2 aromatic rings. The summed E-state index contributed by atoms with van der Waals surface area (Å²) in [5, 5.41) is 3.02. The first-order valence-electron chi connectivity index (χ1n) is 9.39. The molecule has 1 amide bonds. The fourth-order valence-electron chi connectivity index (χ4n) is 3.66. The van der Waals surface area contributed by atoms with Gasteiger partial charge in [0.05, 0.1) is 18.8 Å². The Hall–Kier alpha value is -2.40. The lowest BCUT2D eigenvalue weighted by molar-refractivity contribution is -0.122. The topological polar surface area (TPSA) is 54.5 Å². The highest BCUT2D eigenvalue weighted by Gasteiger charge is 2.24. The number of rotatable bonds is 5. The van der Waals surface area contributed by atoms with Crippen LogP contribution in [0.5, 0.6) is 5.75 Å². The summed E-state index contributed by atoms with van der Waals surface area (Å²) in [4.78, 5) is 18.8. The van der Waals surface area contributed by atoms with Gasteiger partial charge in [-0.25, -0.2) is 0 Å².